The fourth-order valence-electron chi connectivity index (χ4n) is 7.31. The number of carbonyl (C=O) groups is 3. The summed E-state index contributed by atoms with van der Waals surface area (Å²) in [5, 5.41) is 0.0719. The van der Waals surface area contributed by atoms with Gasteiger partial charge in [-0.2, -0.15) is 11.8 Å². The lowest BCUT2D eigenvalue weighted by Gasteiger charge is -2.36. The number of rotatable bonds is 9. The van der Waals surface area contributed by atoms with Gasteiger partial charge in [0, 0.05) is 25.8 Å². The number of piperidine rings is 1. The lowest BCUT2D eigenvalue weighted by Crippen LogP contribution is -2.46. The molecule has 1 aliphatic carbocycles. The largest absolute Gasteiger partial charge is 0.383 e. The first kappa shape index (κ1) is 28.6. The zero-order chi connectivity index (χ0) is 27.5. The Kier molecular flexibility index (Phi) is 9.31. The van der Waals surface area contributed by atoms with Gasteiger partial charge in [0.05, 0.1) is 23.9 Å². The molecule has 3 saturated heterocycles. The number of primary amides is 1. The number of hydrogen-bond donors (Lipinski definition) is 1. The van der Waals surface area contributed by atoms with Crippen LogP contribution in [0.25, 0.3) is 0 Å². The van der Waals surface area contributed by atoms with E-state index in [1.807, 2.05) is 18.4 Å². The van der Waals surface area contributed by atoms with E-state index in [4.69, 9.17) is 15.2 Å². The summed E-state index contributed by atoms with van der Waals surface area (Å²) in [5.41, 5.74) is 8.29. The zero-order valence-corrected chi connectivity index (χ0v) is 24.1. The highest BCUT2D eigenvalue weighted by Crippen LogP contribution is 2.43. The number of amides is 2. The standard InChI is InChI=1S/C30H43N3O5S/c1-37-15-14-32-12-10-19(11-13-32)21-8-9-22(29(31)35)23(16-21)26(20-6-4-3-5-7-20)30(36)33-17-25(39-2)28-27(33)24(34)18-38-28/h8-9,16,19-20,25-28H,3-7,10-15,17-18H2,1-2H3,(H2,31,35)/t25-,26-,27+,28+/m0/s1. The van der Waals surface area contributed by atoms with Crippen LogP contribution in [-0.2, 0) is 19.1 Å². The normalized spacial score (nSPS) is 27.6. The van der Waals surface area contributed by atoms with Crippen LogP contribution in [-0.4, -0.2) is 97.6 Å². The van der Waals surface area contributed by atoms with Crippen molar-refractivity contribution >= 4 is 29.4 Å². The predicted molar refractivity (Wildman–Crippen MR) is 152 cm³/mol. The van der Waals surface area contributed by atoms with Crippen molar-refractivity contribution in [2.75, 3.05) is 52.8 Å². The third-order valence-electron chi connectivity index (χ3n) is 9.46. The number of ether oxygens (including phenoxy) is 2. The zero-order valence-electron chi connectivity index (χ0n) is 23.3. The monoisotopic (exact) mass is 557 g/mol. The van der Waals surface area contributed by atoms with Crippen molar-refractivity contribution in [1.29, 1.82) is 0 Å². The highest BCUT2D eigenvalue weighted by Gasteiger charge is 2.53. The number of Topliss-reactive ketones (excluding diaryl/α,β-unsaturated/α-hetero) is 1. The summed E-state index contributed by atoms with van der Waals surface area (Å²) < 4.78 is 11.1. The topological polar surface area (TPSA) is 102 Å². The Bertz CT molecular complexity index is 1050. The van der Waals surface area contributed by atoms with Crippen molar-refractivity contribution < 1.29 is 23.9 Å². The van der Waals surface area contributed by atoms with E-state index in [2.05, 4.69) is 11.0 Å². The Balaban J connectivity index is 1.48. The van der Waals surface area contributed by atoms with Crippen molar-refractivity contribution in [3.8, 4) is 0 Å². The molecule has 2 N–H and O–H groups in total. The van der Waals surface area contributed by atoms with E-state index >= 15 is 0 Å². The molecule has 4 fully saturated rings. The first-order chi connectivity index (χ1) is 18.9. The Morgan fingerprint density at radius 3 is 2.56 bits per heavy atom. The Morgan fingerprint density at radius 2 is 1.90 bits per heavy atom. The molecule has 3 heterocycles. The Labute approximate surface area is 236 Å². The molecule has 3 aliphatic heterocycles. The average Bonchev–Trinajstić information content (AvgIpc) is 3.53. The molecule has 4 aliphatic rings. The van der Waals surface area contributed by atoms with E-state index in [-0.39, 0.29) is 35.6 Å². The third-order valence-corrected chi connectivity index (χ3v) is 10.5. The van der Waals surface area contributed by atoms with Gasteiger partial charge >= 0.3 is 0 Å². The van der Waals surface area contributed by atoms with Gasteiger partial charge in [-0.15, -0.1) is 0 Å². The second-order valence-electron chi connectivity index (χ2n) is 11.6. The highest BCUT2D eigenvalue weighted by molar-refractivity contribution is 7.99. The Morgan fingerprint density at radius 1 is 1.15 bits per heavy atom. The van der Waals surface area contributed by atoms with Gasteiger partial charge in [-0.25, -0.2) is 0 Å². The molecule has 1 aromatic rings. The third kappa shape index (κ3) is 5.92. The molecular formula is C30H43N3O5S. The second-order valence-corrected chi connectivity index (χ2v) is 12.7. The maximum Gasteiger partial charge on any atom is 0.249 e. The molecule has 39 heavy (non-hydrogen) atoms. The molecule has 0 spiro atoms. The van der Waals surface area contributed by atoms with Gasteiger partial charge in [0.1, 0.15) is 12.6 Å². The van der Waals surface area contributed by atoms with Gasteiger partial charge < -0.3 is 25.0 Å². The number of nitrogens with two attached hydrogens (primary N) is 1. The number of ketones is 1. The molecule has 5 rings (SSSR count). The first-order valence-corrected chi connectivity index (χ1v) is 15.8. The molecule has 0 bridgehead atoms. The second kappa shape index (κ2) is 12.7. The van der Waals surface area contributed by atoms with Gasteiger partial charge in [0.15, 0.2) is 5.78 Å². The van der Waals surface area contributed by atoms with Crippen LogP contribution in [0.2, 0.25) is 0 Å². The molecule has 0 aromatic heterocycles. The van der Waals surface area contributed by atoms with E-state index in [0.29, 0.717) is 18.0 Å². The van der Waals surface area contributed by atoms with Crippen LogP contribution in [0.3, 0.4) is 0 Å². The fourth-order valence-corrected chi connectivity index (χ4v) is 8.11. The van der Waals surface area contributed by atoms with Gasteiger partial charge in [-0.1, -0.05) is 31.4 Å². The van der Waals surface area contributed by atoms with Crippen LogP contribution in [0.5, 0.6) is 0 Å². The maximum atomic E-state index is 14.5. The molecular weight excluding hydrogens is 514 g/mol. The van der Waals surface area contributed by atoms with Gasteiger partial charge in [0.25, 0.3) is 0 Å². The van der Waals surface area contributed by atoms with Crippen LogP contribution in [0.1, 0.15) is 78.3 Å². The van der Waals surface area contributed by atoms with Gasteiger partial charge in [0.2, 0.25) is 11.8 Å². The van der Waals surface area contributed by atoms with E-state index < -0.39 is 17.9 Å². The molecule has 1 saturated carbocycles. The minimum atomic E-state index is -0.530. The van der Waals surface area contributed by atoms with Crippen molar-refractivity contribution in [1.82, 2.24) is 9.80 Å². The van der Waals surface area contributed by atoms with Crippen LogP contribution in [0, 0.1) is 5.92 Å². The minimum absolute atomic E-state index is 0.0172. The number of hydrogen-bond acceptors (Lipinski definition) is 7. The molecule has 0 unspecified atom stereocenters. The molecule has 4 atom stereocenters. The number of nitrogens with zero attached hydrogens (tertiary/aromatic N) is 2. The number of fused-ring (bicyclic) bond motifs is 1. The summed E-state index contributed by atoms with van der Waals surface area (Å²) in [6, 6.07) is 5.46. The van der Waals surface area contributed by atoms with E-state index in [9.17, 15) is 14.4 Å². The van der Waals surface area contributed by atoms with Crippen molar-refractivity contribution in [3.63, 3.8) is 0 Å². The fraction of sp³-hybridized carbons (Fsp3) is 0.700. The van der Waals surface area contributed by atoms with Crippen molar-refractivity contribution in [2.24, 2.45) is 11.7 Å². The molecule has 1 aromatic carbocycles. The summed E-state index contributed by atoms with van der Waals surface area (Å²) in [4.78, 5) is 44.4. The number of thioether (sulfide) groups is 1. The van der Waals surface area contributed by atoms with E-state index in [1.54, 1.807) is 23.8 Å². The van der Waals surface area contributed by atoms with Crippen LogP contribution in [0.15, 0.2) is 18.2 Å². The van der Waals surface area contributed by atoms with Crippen LogP contribution in [0.4, 0.5) is 0 Å². The SMILES string of the molecule is COCCN1CCC(c2ccc(C(N)=O)c([C@@H](C(=O)N3C[C@H](SC)[C@H]4OCC(=O)[C@H]43)C3CCCCC3)c2)CC1. The number of methoxy groups -OCH3 is 1. The summed E-state index contributed by atoms with van der Waals surface area (Å²) in [5.74, 6) is -0.545. The first-order valence-electron chi connectivity index (χ1n) is 14.6. The van der Waals surface area contributed by atoms with Crippen molar-refractivity contribution in [3.05, 3.63) is 34.9 Å². The van der Waals surface area contributed by atoms with Gasteiger partial charge in [-0.05, 0) is 74.1 Å². The van der Waals surface area contributed by atoms with Gasteiger partial charge in [-0.3, -0.25) is 14.4 Å². The van der Waals surface area contributed by atoms with Crippen LogP contribution >= 0.6 is 11.8 Å². The molecule has 9 heteroatoms. The molecule has 0 radical (unpaired) electrons. The summed E-state index contributed by atoms with van der Waals surface area (Å²) >= 11 is 1.65. The smallest absolute Gasteiger partial charge is 0.249 e. The Hall–Kier alpha value is -1.94. The summed E-state index contributed by atoms with van der Waals surface area (Å²) in [6.45, 7) is 4.23. The highest BCUT2D eigenvalue weighted by atomic mass is 32.2. The predicted octanol–water partition coefficient (Wildman–Crippen LogP) is 3.19. The molecule has 214 valence electrons. The number of likely N-dealkylation sites (tertiary alicyclic amines) is 2. The van der Waals surface area contributed by atoms with Crippen molar-refractivity contribution in [2.45, 2.75) is 74.2 Å². The lowest BCUT2D eigenvalue weighted by molar-refractivity contribution is -0.139. The maximum absolute atomic E-state index is 14.5. The quantitative estimate of drug-likeness (QED) is 0.498. The average molecular weight is 558 g/mol. The molecule has 8 nitrogen and oxygen atoms in total. The van der Waals surface area contributed by atoms with E-state index in [0.717, 1.165) is 76.8 Å². The molecule has 2 amide bonds. The minimum Gasteiger partial charge on any atom is -0.383 e. The van der Waals surface area contributed by atoms with Crippen LogP contribution < -0.4 is 5.73 Å². The summed E-state index contributed by atoms with van der Waals surface area (Å²) in [6.07, 6.45) is 8.99. The number of carbonyl (C=O) groups excluding carboxylic acids is 3. The summed E-state index contributed by atoms with van der Waals surface area (Å²) in [7, 11) is 1.73. The lowest BCUT2D eigenvalue weighted by atomic mass is 9.73. The number of benzene rings is 1. The van der Waals surface area contributed by atoms with E-state index in [1.165, 1.54) is 5.56 Å².